The van der Waals surface area contributed by atoms with Crippen LogP contribution in [0, 0.1) is 5.92 Å². The Bertz CT molecular complexity index is 553. The first-order valence-electron chi connectivity index (χ1n) is 9.16. The van der Waals surface area contributed by atoms with Crippen molar-refractivity contribution in [1.29, 1.82) is 0 Å². The van der Waals surface area contributed by atoms with E-state index in [-0.39, 0.29) is 30.6 Å². The minimum atomic E-state index is 0.0427. The molecule has 2 rings (SSSR count). The summed E-state index contributed by atoms with van der Waals surface area (Å²) in [7, 11) is 0. The van der Waals surface area contributed by atoms with Gasteiger partial charge in [-0.3, -0.25) is 9.59 Å². The predicted octanol–water partition coefficient (Wildman–Crippen LogP) is 3.19. The van der Waals surface area contributed by atoms with E-state index in [9.17, 15) is 9.59 Å². The quantitative estimate of drug-likeness (QED) is 0.781. The lowest BCUT2D eigenvalue weighted by molar-refractivity contribution is -0.135. The van der Waals surface area contributed by atoms with Gasteiger partial charge in [0.05, 0.1) is 0 Å². The number of aryl methyl sites for hydroxylation is 1. The van der Waals surface area contributed by atoms with Gasteiger partial charge in [-0.25, -0.2) is 0 Å². The number of carbonyl (C=O) groups is 2. The number of piperidine rings is 1. The lowest BCUT2D eigenvalue weighted by Crippen LogP contribution is -2.49. The SMILES string of the molecule is CCCc1ccc(C(=O)CCC(=O)N2CCC(C)CC2CN)cc1. The van der Waals surface area contributed by atoms with Crippen molar-refractivity contribution in [3.05, 3.63) is 35.4 Å². The standard InChI is InChI=1S/C20H30N2O2/c1-3-4-16-5-7-17(8-6-16)19(23)9-10-20(24)22-12-11-15(2)13-18(22)14-21/h5-8,15,18H,3-4,9-14,21H2,1-2H3. The van der Waals surface area contributed by atoms with Crippen LogP contribution in [0.15, 0.2) is 24.3 Å². The van der Waals surface area contributed by atoms with Crippen LogP contribution in [-0.4, -0.2) is 35.7 Å². The van der Waals surface area contributed by atoms with Gasteiger partial charge in [0, 0.05) is 37.5 Å². The zero-order valence-corrected chi connectivity index (χ0v) is 15.0. The van der Waals surface area contributed by atoms with E-state index in [1.807, 2.05) is 29.2 Å². The highest BCUT2D eigenvalue weighted by Gasteiger charge is 2.28. The van der Waals surface area contributed by atoms with E-state index in [1.165, 1.54) is 5.56 Å². The second kappa shape index (κ2) is 8.97. The van der Waals surface area contributed by atoms with E-state index in [1.54, 1.807) is 0 Å². The molecule has 2 unspecified atom stereocenters. The molecule has 24 heavy (non-hydrogen) atoms. The molecule has 1 heterocycles. The Morgan fingerprint density at radius 3 is 2.54 bits per heavy atom. The van der Waals surface area contributed by atoms with E-state index in [0.717, 1.165) is 32.2 Å². The van der Waals surface area contributed by atoms with E-state index in [2.05, 4.69) is 13.8 Å². The Hall–Kier alpha value is -1.68. The average Bonchev–Trinajstić information content (AvgIpc) is 2.60. The van der Waals surface area contributed by atoms with E-state index < -0.39 is 0 Å². The van der Waals surface area contributed by atoms with Gasteiger partial charge in [0.1, 0.15) is 0 Å². The minimum absolute atomic E-state index is 0.0427. The summed E-state index contributed by atoms with van der Waals surface area (Å²) in [5.41, 5.74) is 7.77. The summed E-state index contributed by atoms with van der Waals surface area (Å²) in [4.78, 5) is 26.7. The van der Waals surface area contributed by atoms with Crippen LogP contribution in [0.4, 0.5) is 0 Å². The van der Waals surface area contributed by atoms with E-state index in [0.29, 0.717) is 18.0 Å². The van der Waals surface area contributed by atoms with Gasteiger partial charge in [-0.2, -0.15) is 0 Å². The Balaban J connectivity index is 1.87. The van der Waals surface area contributed by atoms with Crippen LogP contribution < -0.4 is 5.73 Å². The number of carbonyl (C=O) groups excluding carboxylic acids is 2. The molecule has 1 aliphatic heterocycles. The molecule has 1 aliphatic rings. The van der Waals surface area contributed by atoms with Crippen molar-refractivity contribution >= 4 is 11.7 Å². The van der Waals surface area contributed by atoms with Crippen molar-refractivity contribution in [2.75, 3.05) is 13.1 Å². The molecule has 1 amide bonds. The number of nitrogens with zero attached hydrogens (tertiary/aromatic N) is 1. The highest BCUT2D eigenvalue weighted by molar-refractivity contribution is 5.98. The van der Waals surface area contributed by atoms with Crippen molar-refractivity contribution in [3.8, 4) is 0 Å². The third-order valence-corrected chi connectivity index (χ3v) is 4.95. The van der Waals surface area contributed by atoms with Crippen molar-refractivity contribution < 1.29 is 9.59 Å². The minimum Gasteiger partial charge on any atom is -0.338 e. The number of hydrogen-bond donors (Lipinski definition) is 1. The smallest absolute Gasteiger partial charge is 0.223 e. The molecule has 4 heteroatoms. The van der Waals surface area contributed by atoms with Gasteiger partial charge in [0.2, 0.25) is 5.91 Å². The number of benzene rings is 1. The fourth-order valence-corrected chi connectivity index (χ4v) is 3.46. The maximum atomic E-state index is 12.5. The molecule has 2 N–H and O–H groups in total. The normalized spacial score (nSPS) is 20.9. The van der Waals surface area contributed by atoms with Crippen molar-refractivity contribution in [2.24, 2.45) is 11.7 Å². The number of ketones is 1. The van der Waals surface area contributed by atoms with Gasteiger partial charge < -0.3 is 10.6 Å². The van der Waals surface area contributed by atoms with Gasteiger partial charge in [0.25, 0.3) is 0 Å². The maximum Gasteiger partial charge on any atom is 0.223 e. The molecule has 1 aromatic carbocycles. The van der Waals surface area contributed by atoms with Crippen molar-refractivity contribution in [2.45, 2.75) is 58.4 Å². The molecule has 0 saturated carbocycles. The first kappa shape index (κ1) is 18.7. The van der Waals surface area contributed by atoms with Gasteiger partial charge >= 0.3 is 0 Å². The zero-order chi connectivity index (χ0) is 17.5. The topological polar surface area (TPSA) is 63.4 Å². The molecule has 132 valence electrons. The third-order valence-electron chi connectivity index (χ3n) is 4.95. The van der Waals surface area contributed by atoms with Crippen LogP contribution >= 0.6 is 0 Å². The molecule has 4 nitrogen and oxygen atoms in total. The van der Waals surface area contributed by atoms with Gasteiger partial charge in [-0.05, 0) is 30.7 Å². The number of hydrogen-bond acceptors (Lipinski definition) is 3. The Morgan fingerprint density at radius 1 is 1.21 bits per heavy atom. The summed E-state index contributed by atoms with van der Waals surface area (Å²) >= 11 is 0. The second-order valence-electron chi connectivity index (χ2n) is 6.98. The van der Waals surface area contributed by atoms with E-state index in [4.69, 9.17) is 5.73 Å². The van der Waals surface area contributed by atoms with Gasteiger partial charge in [-0.1, -0.05) is 44.5 Å². The molecule has 1 saturated heterocycles. The molecular weight excluding hydrogens is 300 g/mol. The summed E-state index contributed by atoms with van der Waals surface area (Å²) in [5, 5.41) is 0. The zero-order valence-electron chi connectivity index (χ0n) is 15.0. The summed E-state index contributed by atoms with van der Waals surface area (Å²) in [6.07, 6.45) is 4.67. The second-order valence-corrected chi connectivity index (χ2v) is 6.98. The summed E-state index contributed by atoms with van der Waals surface area (Å²) in [6.45, 7) is 5.61. The first-order valence-corrected chi connectivity index (χ1v) is 9.16. The summed E-state index contributed by atoms with van der Waals surface area (Å²) in [5.74, 6) is 0.722. The number of Topliss-reactive ketones (excluding diaryl/α,β-unsaturated/α-hetero) is 1. The molecule has 0 bridgehead atoms. The molecule has 0 aliphatic carbocycles. The van der Waals surface area contributed by atoms with E-state index >= 15 is 0 Å². The molecule has 2 atom stereocenters. The number of nitrogens with two attached hydrogens (primary N) is 1. The molecule has 1 aromatic rings. The highest BCUT2D eigenvalue weighted by atomic mass is 16.2. The fourth-order valence-electron chi connectivity index (χ4n) is 3.46. The Morgan fingerprint density at radius 2 is 1.92 bits per heavy atom. The number of rotatable bonds is 7. The number of amides is 1. The summed E-state index contributed by atoms with van der Waals surface area (Å²) < 4.78 is 0. The van der Waals surface area contributed by atoms with Crippen LogP contribution in [0.3, 0.4) is 0 Å². The average molecular weight is 330 g/mol. The predicted molar refractivity (Wildman–Crippen MR) is 97.0 cm³/mol. The first-order chi connectivity index (χ1) is 11.5. The molecule has 0 spiro atoms. The Labute approximate surface area is 145 Å². The monoisotopic (exact) mass is 330 g/mol. The van der Waals surface area contributed by atoms with Crippen LogP contribution in [0.1, 0.15) is 61.9 Å². The van der Waals surface area contributed by atoms with Crippen LogP contribution in [0.25, 0.3) is 0 Å². The van der Waals surface area contributed by atoms with Gasteiger partial charge in [-0.15, -0.1) is 0 Å². The van der Waals surface area contributed by atoms with Crippen LogP contribution in [0.5, 0.6) is 0 Å². The highest BCUT2D eigenvalue weighted by Crippen LogP contribution is 2.23. The molecular formula is C20H30N2O2. The lowest BCUT2D eigenvalue weighted by Gasteiger charge is -2.38. The maximum absolute atomic E-state index is 12.5. The largest absolute Gasteiger partial charge is 0.338 e. The molecule has 0 aromatic heterocycles. The molecule has 1 fully saturated rings. The van der Waals surface area contributed by atoms with Crippen molar-refractivity contribution in [1.82, 2.24) is 4.90 Å². The van der Waals surface area contributed by atoms with Crippen LogP contribution in [0.2, 0.25) is 0 Å². The fraction of sp³-hybridized carbons (Fsp3) is 0.600. The number of likely N-dealkylation sites (tertiary alicyclic amines) is 1. The van der Waals surface area contributed by atoms with Crippen LogP contribution in [-0.2, 0) is 11.2 Å². The van der Waals surface area contributed by atoms with Crippen molar-refractivity contribution in [3.63, 3.8) is 0 Å². The third kappa shape index (κ3) is 4.91. The molecule has 0 radical (unpaired) electrons. The van der Waals surface area contributed by atoms with Gasteiger partial charge in [0.15, 0.2) is 5.78 Å². The lowest BCUT2D eigenvalue weighted by atomic mass is 9.92. The Kier molecular flexibility index (Phi) is 6.98. The summed E-state index contributed by atoms with van der Waals surface area (Å²) in [6, 6.07) is 7.90.